The van der Waals surface area contributed by atoms with E-state index in [2.05, 4.69) is 11.8 Å². The van der Waals surface area contributed by atoms with Crippen LogP contribution >= 0.6 is 0 Å². The van der Waals surface area contributed by atoms with Gasteiger partial charge in [-0.15, -0.1) is 0 Å². The normalized spacial score (nSPS) is 21.0. The number of hydrogen-bond acceptors (Lipinski definition) is 7. The van der Waals surface area contributed by atoms with Crippen molar-refractivity contribution in [2.75, 3.05) is 68.0 Å². The summed E-state index contributed by atoms with van der Waals surface area (Å²) in [6.07, 6.45) is -0.455. The molecule has 0 spiro atoms. The maximum atomic E-state index is 13.5. The van der Waals surface area contributed by atoms with E-state index < -0.39 is 22.2 Å². The van der Waals surface area contributed by atoms with Crippen molar-refractivity contribution in [3.8, 4) is 17.6 Å². The molecule has 10 heteroatoms. The first-order valence-electron chi connectivity index (χ1n) is 11.3. The molecule has 190 valence electrons. The average Bonchev–Trinajstić information content (AvgIpc) is 2.74. The average molecular weight is 495 g/mol. The summed E-state index contributed by atoms with van der Waals surface area (Å²) < 4.78 is 34.6. The summed E-state index contributed by atoms with van der Waals surface area (Å²) in [5.41, 5.74) is 0.640. The topological polar surface area (TPSA) is 93.6 Å². The number of ether oxygens (including phenoxy) is 1. The van der Waals surface area contributed by atoms with Gasteiger partial charge in [0.2, 0.25) is 15.9 Å². The smallest absolute Gasteiger partial charge is 0.247 e. The number of hydrogen-bond donors (Lipinski definition) is 1. The quantitative estimate of drug-likeness (QED) is 0.548. The van der Waals surface area contributed by atoms with Crippen molar-refractivity contribution in [2.45, 2.75) is 30.9 Å². The zero-order valence-electron chi connectivity index (χ0n) is 21.3. The van der Waals surface area contributed by atoms with Crippen LogP contribution in [-0.2, 0) is 14.8 Å². The molecule has 1 heterocycles. The summed E-state index contributed by atoms with van der Waals surface area (Å²) in [5.74, 6) is 6.01. The van der Waals surface area contributed by atoms with E-state index in [1.807, 2.05) is 40.0 Å². The lowest BCUT2D eigenvalue weighted by atomic mass is 10.0. The summed E-state index contributed by atoms with van der Waals surface area (Å²) in [4.78, 5) is 17.9. The Hall–Kier alpha value is -2.16. The molecule has 0 bridgehead atoms. The first kappa shape index (κ1) is 28.1. The lowest BCUT2D eigenvalue weighted by Gasteiger charge is -2.37. The van der Waals surface area contributed by atoms with Crippen molar-refractivity contribution in [3.63, 3.8) is 0 Å². The molecule has 1 aliphatic rings. The Balaban J connectivity index is 2.50. The summed E-state index contributed by atoms with van der Waals surface area (Å²) in [7, 11) is 5.29. The molecule has 2 rings (SSSR count). The second kappa shape index (κ2) is 12.0. The van der Waals surface area contributed by atoms with Gasteiger partial charge in [0.15, 0.2) is 0 Å². The number of nitrogens with zero attached hydrogens (tertiary/aromatic N) is 4. The Kier molecular flexibility index (Phi) is 9.91. The second-order valence-corrected chi connectivity index (χ2v) is 11.3. The lowest BCUT2D eigenvalue weighted by molar-refractivity contribution is -0.132. The zero-order chi connectivity index (χ0) is 25.6. The van der Waals surface area contributed by atoms with Gasteiger partial charge in [-0.3, -0.25) is 9.69 Å². The number of benzene rings is 1. The maximum Gasteiger partial charge on any atom is 0.247 e. The van der Waals surface area contributed by atoms with E-state index in [-0.39, 0.29) is 42.2 Å². The molecule has 0 saturated heterocycles. The van der Waals surface area contributed by atoms with Crippen LogP contribution < -0.4 is 4.74 Å². The monoisotopic (exact) mass is 494 g/mol. The molecule has 0 aromatic heterocycles. The van der Waals surface area contributed by atoms with Crippen LogP contribution in [0.2, 0.25) is 0 Å². The van der Waals surface area contributed by atoms with Crippen LogP contribution in [0.25, 0.3) is 0 Å². The molecule has 9 nitrogen and oxygen atoms in total. The van der Waals surface area contributed by atoms with E-state index in [0.717, 1.165) is 0 Å². The minimum absolute atomic E-state index is 0.0325. The minimum Gasteiger partial charge on any atom is -0.487 e. The minimum atomic E-state index is -3.92. The highest BCUT2D eigenvalue weighted by molar-refractivity contribution is 7.89. The van der Waals surface area contributed by atoms with Gasteiger partial charge in [0.05, 0.1) is 26.2 Å². The van der Waals surface area contributed by atoms with Crippen molar-refractivity contribution >= 4 is 15.9 Å². The van der Waals surface area contributed by atoms with E-state index in [1.165, 1.54) is 10.4 Å². The van der Waals surface area contributed by atoms with Gasteiger partial charge in [-0.2, -0.15) is 4.31 Å². The highest BCUT2D eigenvalue weighted by Gasteiger charge is 2.38. The molecule has 1 amide bonds. The number of likely N-dealkylation sites (N-methyl/N-ethyl adjacent to an activating group) is 2. The van der Waals surface area contributed by atoms with E-state index >= 15 is 0 Å². The molecule has 1 aromatic carbocycles. The van der Waals surface area contributed by atoms with Crippen LogP contribution in [0.4, 0.5) is 0 Å². The fourth-order valence-corrected chi connectivity index (χ4v) is 5.41. The fourth-order valence-electron chi connectivity index (χ4n) is 3.58. The molecule has 3 atom stereocenters. The SMILES string of the molecule is C[C@H]1CN([C@@H](C)CO)S(=O)(=O)c2ccc(C#CCN(C)C)cc2O[C@@H]1CN(C)C(=O)CN(C)C. The van der Waals surface area contributed by atoms with Gasteiger partial charge < -0.3 is 19.6 Å². The number of carbonyl (C=O) groups excluding carboxylic acids is 1. The van der Waals surface area contributed by atoms with Crippen molar-refractivity contribution in [3.05, 3.63) is 23.8 Å². The second-order valence-electron chi connectivity index (χ2n) is 9.45. The van der Waals surface area contributed by atoms with E-state index in [0.29, 0.717) is 18.7 Å². The van der Waals surface area contributed by atoms with Gasteiger partial charge in [-0.1, -0.05) is 18.8 Å². The number of rotatable bonds is 7. The van der Waals surface area contributed by atoms with Crippen LogP contribution in [0.3, 0.4) is 0 Å². The van der Waals surface area contributed by atoms with Crippen LogP contribution in [0.5, 0.6) is 5.75 Å². The van der Waals surface area contributed by atoms with Crippen molar-refractivity contribution in [1.82, 2.24) is 19.0 Å². The summed E-state index contributed by atoms with van der Waals surface area (Å²) in [6.45, 7) is 4.56. The molecular formula is C24H38N4O5S. The Morgan fingerprint density at radius 2 is 1.91 bits per heavy atom. The number of fused-ring (bicyclic) bond motifs is 1. The van der Waals surface area contributed by atoms with Crippen LogP contribution in [-0.4, -0.2) is 119 Å². The van der Waals surface area contributed by atoms with E-state index in [1.54, 1.807) is 35.9 Å². The molecule has 1 aliphatic heterocycles. The number of aliphatic hydroxyl groups is 1. The third-order valence-electron chi connectivity index (χ3n) is 5.63. The summed E-state index contributed by atoms with van der Waals surface area (Å²) in [5, 5.41) is 9.75. The Labute approximate surface area is 204 Å². The molecular weight excluding hydrogens is 456 g/mol. The van der Waals surface area contributed by atoms with Gasteiger partial charge in [0.25, 0.3) is 0 Å². The van der Waals surface area contributed by atoms with E-state index in [9.17, 15) is 18.3 Å². The van der Waals surface area contributed by atoms with Gasteiger partial charge in [0.1, 0.15) is 16.7 Å². The molecule has 0 radical (unpaired) electrons. The maximum absolute atomic E-state index is 13.5. The first-order chi connectivity index (χ1) is 15.9. The molecule has 1 N–H and O–H groups in total. The Morgan fingerprint density at radius 3 is 2.50 bits per heavy atom. The fraction of sp³-hybridized carbons (Fsp3) is 0.625. The largest absolute Gasteiger partial charge is 0.487 e. The predicted octanol–water partition coefficient (Wildman–Crippen LogP) is 0.388. The number of amides is 1. The summed E-state index contributed by atoms with van der Waals surface area (Å²) >= 11 is 0. The molecule has 0 fully saturated rings. The highest BCUT2D eigenvalue weighted by atomic mass is 32.2. The van der Waals surface area contributed by atoms with Gasteiger partial charge in [0, 0.05) is 31.1 Å². The van der Waals surface area contributed by atoms with Crippen LogP contribution in [0.1, 0.15) is 19.4 Å². The van der Waals surface area contributed by atoms with E-state index in [4.69, 9.17) is 4.74 Å². The van der Waals surface area contributed by atoms with Crippen molar-refractivity contribution < 1.29 is 23.1 Å². The predicted molar refractivity (Wildman–Crippen MR) is 132 cm³/mol. The number of aliphatic hydroxyl groups excluding tert-OH is 1. The van der Waals surface area contributed by atoms with Crippen molar-refractivity contribution in [2.24, 2.45) is 5.92 Å². The Bertz CT molecular complexity index is 1020. The van der Waals surface area contributed by atoms with Gasteiger partial charge in [-0.25, -0.2) is 8.42 Å². The third kappa shape index (κ3) is 7.17. The third-order valence-corrected chi connectivity index (χ3v) is 7.65. The molecule has 0 aliphatic carbocycles. The van der Waals surface area contributed by atoms with Crippen LogP contribution in [0, 0.1) is 17.8 Å². The molecule has 0 saturated carbocycles. The molecule has 34 heavy (non-hydrogen) atoms. The number of carbonyl (C=O) groups is 1. The highest BCUT2D eigenvalue weighted by Crippen LogP contribution is 2.34. The summed E-state index contributed by atoms with van der Waals surface area (Å²) in [6, 6.07) is 4.21. The van der Waals surface area contributed by atoms with Crippen LogP contribution in [0.15, 0.2) is 23.1 Å². The Morgan fingerprint density at radius 1 is 1.24 bits per heavy atom. The van der Waals surface area contributed by atoms with Gasteiger partial charge >= 0.3 is 0 Å². The molecule has 1 aromatic rings. The number of sulfonamides is 1. The molecule has 0 unspecified atom stereocenters. The van der Waals surface area contributed by atoms with Crippen molar-refractivity contribution in [1.29, 1.82) is 0 Å². The zero-order valence-corrected chi connectivity index (χ0v) is 22.1. The first-order valence-corrected chi connectivity index (χ1v) is 12.8. The van der Waals surface area contributed by atoms with Gasteiger partial charge in [-0.05, 0) is 53.3 Å². The lowest BCUT2D eigenvalue weighted by Crippen LogP contribution is -2.50. The standard InChI is InChI=1S/C24H38N4O5S/c1-18-14-28(19(2)17-29)34(31,32)23-11-10-20(9-8-12-25(3)4)13-21(23)33-22(18)15-27(7)24(30)16-26(5)6/h10-11,13,18-19,22,29H,12,14-17H2,1-7H3/t18-,19-,22+/m0/s1.